The lowest BCUT2D eigenvalue weighted by atomic mass is 10.3. The zero-order valence-electron chi connectivity index (χ0n) is 15.1. The average Bonchev–Trinajstić information content (AvgIpc) is 3.20. The van der Waals surface area contributed by atoms with Crippen molar-refractivity contribution in [2.75, 3.05) is 32.7 Å². The summed E-state index contributed by atoms with van der Waals surface area (Å²) < 4.78 is 6.90. The van der Waals surface area contributed by atoms with Crippen LogP contribution >= 0.6 is 0 Å². The summed E-state index contributed by atoms with van der Waals surface area (Å²) in [5.74, 6) is 2.65. The van der Waals surface area contributed by atoms with Crippen molar-refractivity contribution in [1.29, 1.82) is 0 Å². The molecular weight excluding hydrogens is 320 g/mol. The van der Waals surface area contributed by atoms with Crippen LogP contribution < -0.4 is 5.32 Å². The van der Waals surface area contributed by atoms with E-state index >= 15 is 0 Å². The molecule has 2 aromatic heterocycles. The van der Waals surface area contributed by atoms with E-state index in [0.717, 1.165) is 62.5 Å². The van der Waals surface area contributed by atoms with Gasteiger partial charge in [0.25, 0.3) is 0 Å². The van der Waals surface area contributed by atoms with Gasteiger partial charge in [-0.1, -0.05) is 5.16 Å². The molecule has 0 bridgehead atoms. The molecule has 0 saturated carbocycles. The number of hydrogen-bond acceptors (Lipinski definition) is 6. The maximum atomic E-state index is 5.15. The van der Waals surface area contributed by atoms with E-state index in [1.54, 1.807) is 11.0 Å². The lowest BCUT2D eigenvalue weighted by molar-refractivity contribution is 0.169. The maximum Gasteiger partial charge on any atom is 0.194 e. The number of hydrogen-bond donors (Lipinski definition) is 1. The molecule has 9 heteroatoms. The number of rotatable bonds is 5. The van der Waals surface area contributed by atoms with E-state index in [9.17, 15) is 0 Å². The van der Waals surface area contributed by atoms with E-state index in [0.29, 0.717) is 6.54 Å². The molecule has 0 unspecified atom stereocenters. The predicted octanol–water partition coefficient (Wildman–Crippen LogP) is 0.395. The van der Waals surface area contributed by atoms with Gasteiger partial charge in [0.2, 0.25) is 0 Å². The van der Waals surface area contributed by atoms with Gasteiger partial charge in [0.15, 0.2) is 5.96 Å². The molecular formula is C16H26N8O. The van der Waals surface area contributed by atoms with Crippen molar-refractivity contribution >= 4 is 5.96 Å². The molecule has 0 aromatic carbocycles. The summed E-state index contributed by atoms with van der Waals surface area (Å²) in [7, 11) is 1.88. The molecule has 0 aliphatic carbocycles. The molecule has 1 aliphatic rings. The number of aryl methyl sites for hydroxylation is 2. The Kier molecular flexibility index (Phi) is 5.64. The molecule has 9 nitrogen and oxygen atoms in total. The van der Waals surface area contributed by atoms with Crippen LogP contribution in [0.25, 0.3) is 0 Å². The lowest BCUT2D eigenvalue weighted by Gasteiger charge is -2.36. The molecule has 0 spiro atoms. The van der Waals surface area contributed by atoms with Crippen LogP contribution in [0.4, 0.5) is 0 Å². The Morgan fingerprint density at radius 3 is 2.72 bits per heavy atom. The summed E-state index contributed by atoms with van der Waals surface area (Å²) >= 11 is 0. The average molecular weight is 346 g/mol. The number of aromatic nitrogens is 4. The first-order valence-corrected chi connectivity index (χ1v) is 8.66. The molecule has 0 atom stereocenters. The van der Waals surface area contributed by atoms with Crippen LogP contribution in [0.1, 0.15) is 24.2 Å². The minimum absolute atomic E-state index is 0.525. The Balaban J connectivity index is 1.55. The fraction of sp³-hybridized carbons (Fsp3) is 0.625. The van der Waals surface area contributed by atoms with Crippen LogP contribution in [0.2, 0.25) is 0 Å². The molecule has 25 heavy (non-hydrogen) atoms. The van der Waals surface area contributed by atoms with E-state index in [1.807, 2.05) is 20.0 Å². The molecule has 2 aromatic rings. The second kappa shape index (κ2) is 8.11. The van der Waals surface area contributed by atoms with Gasteiger partial charge in [-0.05, 0) is 13.8 Å². The molecule has 0 radical (unpaired) electrons. The van der Waals surface area contributed by atoms with Gasteiger partial charge in [-0.2, -0.15) is 5.10 Å². The van der Waals surface area contributed by atoms with E-state index < -0.39 is 0 Å². The monoisotopic (exact) mass is 346 g/mol. The van der Waals surface area contributed by atoms with Crippen LogP contribution in [0.15, 0.2) is 21.9 Å². The van der Waals surface area contributed by atoms with E-state index in [-0.39, 0.29) is 0 Å². The highest BCUT2D eigenvalue weighted by atomic mass is 16.5. The summed E-state index contributed by atoms with van der Waals surface area (Å²) in [6, 6.07) is 2.00. The summed E-state index contributed by atoms with van der Waals surface area (Å²) in [5.41, 5.74) is 0.994. The van der Waals surface area contributed by atoms with Crippen LogP contribution in [0.5, 0.6) is 0 Å². The maximum absolute atomic E-state index is 5.15. The minimum atomic E-state index is 0.525. The van der Waals surface area contributed by atoms with Gasteiger partial charge in [-0.3, -0.25) is 9.58 Å². The molecule has 3 rings (SSSR count). The van der Waals surface area contributed by atoms with Gasteiger partial charge in [0.1, 0.15) is 24.5 Å². The predicted molar refractivity (Wildman–Crippen MR) is 93.9 cm³/mol. The summed E-state index contributed by atoms with van der Waals surface area (Å²) in [4.78, 5) is 13.6. The molecule has 3 heterocycles. The van der Waals surface area contributed by atoms with Gasteiger partial charge >= 0.3 is 0 Å². The Morgan fingerprint density at radius 2 is 2.12 bits per heavy atom. The summed E-state index contributed by atoms with van der Waals surface area (Å²) in [6.07, 6.45) is 1.56. The van der Waals surface area contributed by atoms with Gasteiger partial charge < -0.3 is 14.7 Å². The minimum Gasteiger partial charge on any atom is -0.361 e. The number of piperazine rings is 1. The Morgan fingerprint density at radius 1 is 1.32 bits per heavy atom. The largest absolute Gasteiger partial charge is 0.361 e. The third-order valence-electron chi connectivity index (χ3n) is 4.24. The van der Waals surface area contributed by atoms with Crippen LogP contribution in [-0.2, 0) is 20.1 Å². The molecule has 136 valence electrons. The third kappa shape index (κ3) is 4.56. The first-order chi connectivity index (χ1) is 12.2. The second-order valence-corrected chi connectivity index (χ2v) is 6.16. The van der Waals surface area contributed by atoms with Gasteiger partial charge in [-0.25, -0.2) is 9.98 Å². The van der Waals surface area contributed by atoms with Crippen molar-refractivity contribution in [2.45, 2.75) is 26.9 Å². The Labute approximate surface area is 147 Å². The standard InChI is InChI=1S/C16H26N8O/c1-4-17-16(18-10-15-19-12-20-22(15)3)24-7-5-23(6-8-24)11-14-9-13(2)25-21-14/h9,12H,4-8,10-11H2,1-3H3,(H,17,18). The number of aliphatic imine (C=N–C) groups is 1. The fourth-order valence-electron chi connectivity index (χ4n) is 2.87. The Hall–Kier alpha value is -2.42. The smallest absolute Gasteiger partial charge is 0.194 e. The van der Waals surface area contributed by atoms with E-state index in [2.05, 4.69) is 37.3 Å². The number of guanidine groups is 1. The van der Waals surface area contributed by atoms with Crippen molar-refractivity contribution in [3.05, 3.63) is 29.7 Å². The normalized spacial score (nSPS) is 16.4. The van der Waals surface area contributed by atoms with E-state index in [1.165, 1.54) is 0 Å². The van der Waals surface area contributed by atoms with Crippen molar-refractivity contribution in [3.8, 4) is 0 Å². The quantitative estimate of drug-likeness (QED) is 0.619. The van der Waals surface area contributed by atoms with Gasteiger partial charge in [-0.15, -0.1) is 0 Å². The second-order valence-electron chi connectivity index (χ2n) is 6.16. The molecule has 1 aliphatic heterocycles. The molecule has 1 N–H and O–H groups in total. The zero-order valence-corrected chi connectivity index (χ0v) is 15.1. The van der Waals surface area contributed by atoms with Gasteiger partial charge in [0.05, 0.1) is 5.69 Å². The lowest BCUT2D eigenvalue weighted by Crippen LogP contribution is -2.52. The first kappa shape index (κ1) is 17.4. The highest BCUT2D eigenvalue weighted by molar-refractivity contribution is 5.80. The van der Waals surface area contributed by atoms with Gasteiger partial charge in [0, 0.05) is 52.4 Å². The van der Waals surface area contributed by atoms with Crippen molar-refractivity contribution in [1.82, 2.24) is 35.0 Å². The highest BCUT2D eigenvalue weighted by Gasteiger charge is 2.20. The Bertz CT molecular complexity index is 699. The topological polar surface area (TPSA) is 87.6 Å². The van der Waals surface area contributed by atoms with Crippen molar-refractivity contribution in [3.63, 3.8) is 0 Å². The molecule has 1 fully saturated rings. The number of nitrogens with zero attached hydrogens (tertiary/aromatic N) is 7. The van der Waals surface area contributed by atoms with Crippen molar-refractivity contribution in [2.24, 2.45) is 12.0 Å². The fourth-order valence-corrected chi connectivity index (χ4v) is 2.87. The zero-order chi connectivity index (χ0) is 17.6. The van der Waals surface area contributed by atoms with Crippen LogP contribution in [-0.4, -0.2) is 68.4 Å². The van der Waals surface area contributed by atoms with Crippen LogP contribution in [0.3, 0.4) is 0 Å². The van der Waals surface area contributed by atoms with Crippen molar-refractivity contribution < 1.29 is 4.52 Å². The molecule has 0 amide bonds. The SMILES string of the molecule is CCNC(=NCc1ncnn1C)N1CCN(Cc2cc(C)on2)CC1. The first-order valence-electron chi connectivity index (χ1n) is 8.66. The number of nitrogens with one attached hydrogen (secondary N) is 1. The third-order valence-corrected chi connectivity index (χ3v) is 4.24. The van der Waals surface area contributed by atoms with Crippen LogP contribution in [0, 0.1) is 6.92 Å². The van der Waals surface area contributed by atoms with E-state index in [4.69, 9.17) is 9.52 Å². The molecule has 1 saturated heterocycles. The highest BCUT2D eigenvalue weighted by Crippen LogP contribution is 2.09. The summed E-state index contributed by atoms with van der Waals surface area (Å²) in [5, 5.41) is 11.5. The summed E-state index contributed by atoms with van der Waals surface area (Å²) in [6.45, 7) is 10.0.